The SMILES string of the molecule is COC1CCC(NC(=O)N2C(C)SCC2C(=O)O)C1. The van der Waals surface area contributed by atoms with Gasteiger partial charge in [0.1, 0.15) is 6.04 Å². The Hall–Kier alpha value is -0.950. The normalized spacial score (nSPS) is 34.5. The predicted octanol–water partition coefficient (Wildman–Crippen LogP) is 1.11. The van der Waals surface area contributed by atoms with Gasteiger partial charge in [-0.25, -0.2) is 9.59 Å². The molecule has 1 saturated carbocycles. The molecule has 2 rings (SSSR count). The maximum Gasteiger partial charge on any atom is 0.327 e. The lowest BCUT2D eigenvalue weighted by molar-refractivity contribution is -0.141. The first-order chi connectivity index (χ1) is 9.02. The fourth-order valence-electron chi connectivity index (χ4n) is 2.68. The number of rotatable bonds is 3. The second kappa shape index (κ2) is 6.00. The van der Waals surface area contributed by atoms with Crippen LogP contribution in [0, 0.1) is 0 Å². The average Bonchev–Trinajstić information content (AvgIpc) is 2.95. The number of carbonyl (C=O) groups excluding carboxylic acids is 1. The van der Waals surface area contributed by atoms with E-state index in [9.17, 15) is 9.59 Å². The minimum absolute atomic E-state index is 0.0877. The number of nitrogens with zero attached hydrogens (tertiary/aromatic N) is 1. The highest BCUT2D eigenvalue weighted by Gasteiger charge is 2.40. The van der Waals surface area contributed by atoms with Crippen LogP contribution in [0.5, 0.6) is 0 Å². The largest absolute Gasteiger partial charge is 0.480 e. The first kappa shape index (κ1) is 14.5. The molecule has 4 unspecified atom stereocenters. The van der Waals surface area contributed by atoms with Crippen molar-refractivity contribution in [3.63, 3.8) is 0 Å². The topological polar surface area (TPSA) is 78.9 Å². The molecule has 2 fully saturated rings. The number of amides is 2. The van der Waals surface area contributed by atoms with Crippen LogP contribution < -0.4 is 5.32 Å². The Morgan fingerprint density at radius 2 is 2.16 bits per heavy atom. The number of hydrogen-bond acceptors (Lipinski definition) is 4. The first-order valence-electron chi connectivity index (χ1n) is 6.49. The molecule has 0 aromatic carbocycles. The molecule has 1 aliphatic carbocycles. The highest BCUT2D eigenvalue weighted by molar-refractivity contribution is 8.00. The van der Waals surface area contributed by atoms with E-state index in [0.29, 0.717) is 5.75 Å². The maximum atomic E-state index is 12.2. The molecule has 0 bridgehead atoms. The highest BCUT2D eigenvalue weighted by atomic mass is 32.2. The summed E-state index contributed by atoms with van der Waals surface area (Å²) in [7, 11) is 1.68. The third kappa shape index (κ3) is 3.14. The molecular weight excluding hydrogens is 268 g/mol. The van der Waals surface area contributed by atoms with Gasteiger partial charge in [0.25, 0.3) is 0 Å². The Labute approximate surface area is 116 Å². The Bertz CT molecular complexity index is 366. The van der Waals surface area contributed by atoms with Crippen LogP contribution in [0.1, 0.15) is 26.2 Å². The van der Waals surface area contributed by atoms with Gasteiger partial charge in [0.15, 0.2) is 0 Å². The summed E-state index contributed by atoms with van der Waals surface area (Å²) in [6, 6.07) is -0.907. The standard InChI is InChI=1S/C12H20N2O4S/c1-7-14(10(6-19-7)11(15)16)12(17)13-8-3-4-9(5-8)18-2/h7-10H,3-6H2,1-2H3,(H,13,17)(H,15,16). The van der Waals surface area contributed by atoms with Crippen molar-refractivity contribution in [1.29, 1.82) is 0 Å². The number of hydrogen-bond donors (Lipinski definition) is 2. The van der Waals surface area contributed by atoms with Crippen molar-refractivity contribution < 1.29 is 19.4 Å². The quantitative estimate of drug-likeness (QED) is 0.813. The lowest BCUT2D eigenvalue weighted by atomic mass is 10.2. The fraction of sp³-hybridized carbons (Fsp3) is 0.833. The van der Waals surface area contributed by atoms with E-state index < -0.39 is 12.0 Å². The molecule has 6 nitrogen and oxygen atoms in total. The molecule has 2 N–H and O–H groups in total. The Morgan fingerprint density at radius 1 is 1.42 bits per heavy atom. The molecule has 7 heteroatoms. The highest BCUT2D eigenvalue weighted by Crippen LogP contribution is 2.29. The number of carboxylic acid groups (broad SMARTS) is 1. The fourth-order valence-corrected chi connectivity index (χ4v) is 3.84. The van der Waals surface area contributed by atoms with Crippen molar-refractivity contribution >= 4 is 23.8 Å². The van der Waals surface area contributed by atoms with E-state index in [0.717, 1.165) is 19.3 Å². The minimum atomic E-state index is -0.937. The van der Waals surface area contributed by atoms with E-state index in [-0.39, 0.29) is 23.6 Å². The van der Waals surface area contributed by atoms with Gasteiger partial charge in [-0.3, -0.25) is 4.90 Å². The van der Waals surface area contributed by atoms with E-state index in [1.807, 2.05) is 6.92 Å². The smallest absolute Gasteiger partial charge is 0.327 e. The summed E-state index contributed by atoms with van der Waals surface area (Å²) >= 11 is 1.49. The summed E-state index contributed by atoms with van der Waals surface area (Å²) < 4.78 is 5.27. The van der Waals surface area contributed by atoms with E-state index in [1.165, 1.54) is 16.7 Å². The van der Waals surface area contributed by atoms with Crippen LogP contribution in [-0.2, 0) is 9.53 Å². The zero-order chi connectivity index (χ0) is 14.0. The van der Waals surface area contributed by atoms with Gasteiger partial charge in [-0.2, -0.15) is 0 Å². The molecule has 1 saturated heterocycles. The van der Waals surface area contributed by atoms with E-state index in [2.05, 4.69) is 5.32 Å². The van der Waals surface area contributed by atoms with E-state index in [4.69, 9.17) is 9.84 Å². The molecule has 0 radical (unpaired) electrons. The zero-order valence-electron chi connectivity index (χ0n) is 11.2. The van der Waals surface area contributed by atoms with Crippen LogP contribution in [0.15, 0.2) is 0 Å². The van der Waals surface area contributed by atoms with Crippen LogP contribution >= 0.6 is 11.8 Å². The molecular formula is C12H20N2O4S. The van der Waals surface area contributed by atoms with Crippen molar-refractivity contribution in [3.05, 3.63) is 0 Å². The summed E-state index contributed by atoms with van der Waals surface area (Å²) in [5.74, 6) is -0.483. The third-order valence-electron chi connectivity index (χ3n) is 3.79. The van der Waals surface area contributed by atoms with E-state index in [1.54, 1.807) is 7.11 Å². The third-order valence-corrected chi connectivity index (χ3v) is 5.01. The summed E-state index contributed by atoms with van der Waals surface area (Å²) in [6.45, 7) is 1.86. The van der Waals surface area contributed by atoms with Gasteiger partial charge in [0.05, 0.1) is 11.5 Å². The number of ether oxygens (including phenoxy) is 1. The molecule has 0 aromatic heterocycles. The second-order valence-electron chi connectivity index (χ2n) is 5.01. The molecule has 1 heterocycles. The Morgan fingerprint density at radius 3 is 2.74 bits per heavy atom. The molecule has 0 spiro atoms. The number of urea groups is 1. The van der Waals surface area contributed by atoms with Crippen LogP contribution in [0.4, 0.5) is 4.79 Å². The van der Waals surface area contributed by atoms with Crippen LogP contribution in [0.3, 0.4) is 0 Å². The molecule has 2 aliphatic rings. The molecule has 1 aliphatic heterocycles. The van der Waals surface area contributed by atoms with Crippen LogP contribution in [0.2, 0.25) is 0 Å². The van der Waals surface area contributed by atoms with Gasteiger partial charge < -0.3 is 15.2 Å². The minimum Gasteiger partial charge on any atom is -0.480 e. The second-order valence-corrected chi connectivity index (χ2v) is 6.36. The number of aliphatic carboxylic acids is 1. The lowest BCUT2D eigenvalue weighted by Gasteiger charge is -2.27. The number of thioether (sulfide) groups is 1. The van der Waals surface area contributed by atoms with Crippen LogP contribution in [0.25, 0.3) is 0 Å². The van der Waals surface area contributed by atoms with Gasteiger partial charge >= 0.3 is 12.0 Å². The first-order valence-corrected chi connectivity index (χ1v) is 7.53. The molecule has 0 aromatic rings. The molecule has 4 atom stereocenters. The van der Waals surface area contributed by atoms with Crippen molar-refractivity contribution in [1.82, 2.24) is 10.2 Å². The zero-order valence-corrected chi connectivity index (χ0v) is 12.0. The number of carboxylic acids is 1. The Balaban J connectivity index is 1.93. The summed E-state index contributed by atoms with van der Waals surface area (Å²) in [4.78, 5) is 24.8. The van der Waals surface area contributed by atoms with Crippen molar-refractivity contribution in [2.45, 2.75) is 49.7 Å². The van der Waals surface area contributed by atoms with Gasteiger partial charge in [0, 0.05) is 18.9 Å². The molecule has 2 amide bonds. The van der Waals surface area contributed by atoms with Gasteiger partial charge in [-0.1, -0.05) is 0 Å². The number of carbonyl (C=O) groups is 2. The monoisotopic (exact) mass is 288 g/mol. The Kier molecular flexibility index (Phi) is 4.57. The number of nitrogens with one attached hydrogen (secondary N) is 1. The average molecular weight is 288 g/mol. The van der Waals surface area contributed by atoms with Gasteiger partial charge in [0.2, 0.25) is 0 Å². The van der Waals surface area contributed by atoms with Crippen LogP contribution in [-0.4, -0.2) is 58.4 Å². The molecule has 108 valence electrons. The number of methoxy groups -OCH3 is 1. The lowest BCUT2D eigenvalue weighted by Crippen LogP contribution is -2.51. The van der Waals surface area contributed by atoms with E-state index >= 15 is 0 Å². The predicted molar refractivity (Wildman–Crippen MR) is 72.2 cm³/mol. The maximum absolute atomic E-state index is 12.2. The van der Waals surface area contributed by atoms with Gasteiger partial charge in [-0.05, 0) is 26.2 Å². The van der Waals surface area contributed by atoms with Gasteiger partial charge in [-0.15, -0.1) is 11.8 Å². The summed E-state index contributed by atoms with van der Waals surface area (Å²) in [5.41, 5.74) is 0. The summed E-state index contributed by atoms with van der Waals surface area (Å²) in [5, 5.41) is 12.0. The molecule has 19 heavy (non-hydrogen) atoms. The summed E-state index contributed by atoms with van der Waals surface area (Å²) in [6.07, 6.45) is 2.83. The van der Waals surface area contributed by atoms with Crippen molar-refractivity contribution in [2.75, 3.05) is 12.9 Å². The van der Waals surface area contributed by atoms with Crippen molar-refractivity contribution in [2.24, 2.45) is 0 Å². The van der Waals surface area contributed by atoms with Crippen molar-refractivity contribution in [3.8, 4) is 0 Å².